The molecule has 1 amide bonds. The smallest absolute Gasteiger partial charge is 0.224 e. The Balaban J connectivity index is 2.31. The van der Waals surface area contributed by atoms with E-state index in [1.165, 1.54) is 0 Å². The zero-order valence-corrected chi connectivity index (χ0v) is 7.32. The summed E-state index contributed by atoms with van der Waals surface area (Å²) in [6, 6.07) is 0. The summed E-state index contributed by atoms with van der Waals surface area (Å²) >= 11 is 0. The van der Waals surface area contributed by atoms with E-state index in [1.807, 2.05) is 0 Å². The fourth-order valence-electron chi connectivity index (χ4n) is 0.705. The lowest BCUT2D eigenvalue weighted by Crippen LogP contribution is -2.33. The number of tetrazole rings is 1. The molecule has 0 spiro atoms. The number of aromatic nitrogens is 4. The molecule has 0 aromatic carbocycles. The van der Waals surface area contributed by atoms with Crippen molar-refractivity contribution >= 4 is 5.91 Å². The summed E-state index contributed by atoms with van der Waals surface area (Å²) in [6.07, 6.45) is 0. The molecule has 1 unspecified atom stereocenters. The van der Waals surface area contributed by atoms with Crippen LogP contribution in [0.5, 0.6) is 0 Å². The zero-order valence-electron chi connectivity index (χ0n) is 7.32. The first-order valence-corrected chi connectivity index (χ1v) is 3.94. The third-order valence-electron chi connectivity index (χ3n) is 1.61. The second-order valence-corrected chi connectivity index (χ2v) is 2.68. The van der Waals surface area contributed by atoms with Gasteiger partial charge in [0.1, 0.15) is 0 Å². The molecule has 4 N–H and O–H groups in total. The van der Waals surface area contributed by atoms with Crippen molar-refractivity contribution in [1.29, 1.82) is 0 Å². The van der Waals surface area contributed by atoms with E-state index in [4.69, 9.17) is 5.73 Å². The summed E-state index contributed by atoms with van der Waals surface area (Å²) in [7, 11) is 0. The molecule has 0 aliphatic carbocycles. The number of carbonyl (C=O) groups is 1. The molecule has 0 saturated carbocycles. The Hall–Kier alpha value is -1.50. The van der Waals surface area contributed by atoms with Crippen molar-refractivity contribution in [2.24, 2.45) is 11.7 Å². The van der Waals surface area contributed by atoms with Crippen LogP contribution in [0.1, 0.15) is 12.7 Å². The maximum atomic E-state index is 11.2. The fraction of sp³-hybridized carbons (Fsp3) is 0.667. The van der Waals surface area contributed by atoms with E-state index in [2.05, 4.69) is 25.9 Å². The Kier molecular flexibility index (Phi) is 3.32. The SMILES string of the molecule is CC(CN)C(=O)NCc1nn[nH]n1. The van der Waals surface area contributed by atoms with Crippen molar-refractivity contribution in [2.75, 3.05) is 6.54 Å². The number of carbonyl (C=O) groups excluding carboxylic acids is 1. The van der Waals surface area contributed by atoms with E-state index in [9.17, 15) is 4.79 Å². The predicted molar refractivity (Wildman–Crippen MR) is 44.2 cm³/mol. The van der Waals surface area contributed by atoms with Gasteiger partial charge in [0.15, 0.2) is 5.82 Å². The van der Waals surface area contributed by atoms with E-state index in [1.54, 1.807) is 6.92 Å². The van der Waals surface area contributed by atoms with Crippen LogP contribution in [0.15, 0.2) is 0 Å². The normalized spacial score (nSPS) is 12.5. The predicted octanol–water partition coefficient (Wildman–Crippen LogP) is -1.59. The highest BCUT2D eigenvalue weighted by Gasteiger charge is 2.10. The number of hydrogen-bond acceptors (Lipinski definition) is 5. The van der Waals surface area contributed by atoms with Gasteiger partial charge >= 0.3 is 0 Å². The Morgan fingerprint density at radius 1 is 1.77 bits per heavy atom. The van der Waals surface area contributed by atoms with Gasteiger partial charge in [-0.15, -0.1) is 10.2 Å². The standard InChI is InChI=1S/C6H12N6O/c1-4(2-7)6(13)8-3-5-9-11-12-10-5/h4H,2-3,7H2,1H3,(H,8,13)(H,9,10,11,12). The fourth-order valence-corrected chi connectivity index (χ4v) is 0.705. The first kappa shape index (κ1) is 9.59. The van der Waals surface area contributed by atoms with Gasteiger partial charge in [0.05, 0.1) is 6.54 Å². The Bertz CT molecular complexity index is 258. The van der Waals surface area contributed by atoms with Gasteiger partial charge in [-0.1, -0.05) is 12.1 Å². The second-order valence-electron chi connectivity index (χ2n) is 2.68. The first-order valence-electron chi connectivity index (χ1n) is 3.94. The van der Waals surface area contributed by atoms with Crippen molar-refractivity contribution in [3.05, 3.63) is 5.82 Å². The zero-order chi connectivity index (χ0) is 9.68. The molecule has 0 aliphatic heterocycles. The van der Waals surface area contributed by atoms with Gasteiger partial charge in [-0.25, -0.2) is 0 Å². The Morgan fingerprint density at radius 2 is 2.54 bits per heavy atom. The number of hydrogen-bond donors (Lipinski definition) is 3. The molecule has 0 saturated heterocycles. The van der Waals surface area contributed by atoms with E-state index in [0.29, 0.717) is 12.4 Å². The van der Waals surface area contributed by atoms with E-state index < -0.39 is 0 Å². The third kappa shape index (κ3) is 2.79. The monoisotopic (exact) mass is 184 g/mol. The van der Waals surface area contributed by atoms with Gasteiger partial charge in [-0.2, -0.15) is 5.21 Å². The van der Waals surface area contributed by atoms with Crippen LogP contribution in [0, 0.1) is 5.92 Å². The van der Waals surface area contributed by atoms with Crippen LogP contribution < -0.4 is 11.1 Å². The molecule has 0 fully saturated rings. The summed E-state index contributed by atoms with van der Waals surface area (Å²) in [6.45, 7) is 2.36. The molecular formula is C6H12N6O. The number of nitrogens with one attached hydrogen (secondary N) is 2. The average molecular weight is 184 g/mol. The van der Waals surface area contributed by atoms with Gasteiger partial charge in [0.25, 0.3) is 0 Å². The molecule has 1 aromatic rings. The molecule has 13 heavy (non-hydrogen) atoms. The van der Waals surface area contributed by atoms with Crippen molar-refractivity contribution in [3.8, 4) is 0 Å². The lowest BCUT2D eigenvalue weighted by Gasteiger charge is -2.07. The van der Waals surface area contributed by atoms with Crippen LogP contribution in [-0.2, 0) is 11.3 Å². The molecule has 7 nitrogen and oxygen atoms in total. The van der Waals surface area contributed by atoms with Crippen LogP contribution in [-0.4, -0.2) is 33.1 Å². The van der Waals surface area contributed by atoms with E-state index in [-0.39, 0.29) is 18.4 Å². The lowest BCUT2D eigenvalue weighted by molar-refractivity contribution is -0.124. The highest BCUT2D eigenvalue weighted by Crippen LogP contribution is 1.91. The number of nitrogens with zero attached hydrogens (tertiary/aromatic N) is 3. The number of nitrogens with two attached hydrogens (primary N) is 1. The summed E-state index contributed by atoms with van der Waals surface area (Å²) in [4.78, 5) is 11.2. The van der Waals surface area contributed by atoms with Crippen LogP contribution in [0.4, 0.5) is 0 Å². The maximum absolute atomic E-state index is 11.2. The van der Waals surface area contributed by atoms with Crippen molar-refractivity contribution in [2.45, 2.75) is 13.5 Å². The van der Waals surface area contributed by atoms with E-state index in [0.717, 1.165) is 0 Å². The number of H-pyrrole nitrogens is 1. The molecular weight excluding hydrogens is 172 g/mol. The van der Waals surface area contributed by atoms with Gasteiger partial charge in [0.2, 0.25) is 5.91 Å². The van der Waals surface area contributed by atoms with Crippen molar-refractivity contribution < 1.29 is 4.79 Å². The lowest BCUT2D eigenvalue weighted by atomic mass is 10.2. The maximum Gasteiger partial charge on any atom is 0.224 e. The number of amides is 1. The van der Waals surface area contributed by atoms with Crippen molar-refractivity contribution in [1.82, 2.24) is 25.9 Å². The molecule has 1 atom stereocenters. The van der Waals surface area contributed by atoms with Crippen LogP contribution in [0.25, 0.3) is 0 Å². The number of rotatable bonds is 4. The van der Waals surface area contributed by atoms with E-state index >= 15 is 0 Å². The molecule has 1 rings (SSSR count). The number of aromatic amines is 1. The molecule has 1 aromatic heterocycles. The van der Waals surface area contributed by atoms with Crippen LogP contribution >= 0.6 is 0 Å². The summed E-state index contributed by atoms with van der Waals surface area (Å²) < 4.78 is 0. The van der Waals surface area contributed by atoms with Gasteiger partial charge < -0.3 is 11.1 Å². The minimum absolute atomic E-state index is 0.104. The minimum atomic E-state index is -0.188. The Labute approximate surface area is 75.1 Å². The molecule has 72 valence electrons. The average Bonchev–Trinajstić information content (AvgIpc) is 2.65. The van der Waals surface area contributed by atoms with Crippen LogP contribution in [0.3, 0.4) is 0 Å². The van der Waals surface area contributed by atoms with Crippen LogP contribution in [0.2, 0.25) is 0 Å². The molecule has 0 radical (unpaired) electrons. The molecule has 7 heteroatoms. The minimum Gasteiger partial charge on any atom is -0.348 e. The topological polar surface area (TPSA) is 110 Å². The second kappa shape index (κ2) is 4.51. The summed E-state index contributed by atoms with van der Waals surface area (Å²) in [5.41, 5.74) is 5.31. The summed E-state index contributed by atoms with van der Waals surface area (Å²) in [5, 5.41) is 15.6. The highest BCUT2D eigenvalue weighted by atomic mass is 16.1. The third-order valence-corrected chi connectivity index (χ3v) is 1.61. The summed E-state index contributed by atoms with van der Waals surface area (Å²) in [5.74, 6) is 0.164. The quantitative estimate of drug-likeness (QED) is 0.522. The molecule has 1 heterocycles. The Morgan fingerprint density at radius 3 is 3.08 bits per heavy atom. The highest BCUT2D eigenvalue weighted by molar-refractivity contribution is 5.78. The van der Waals surface area contributed by atoms with Gasteiger partial charge in [-0.05, 0) is 0 Å². The first-order chi connectivity index (χ1) is 6.24. The molecule has 0 aliphatic rings. The van der Waals surface area contributed by atoms with Crippen molar-refractivity contribution in [3.63, 3.8) is 0 Å². The molecule has 0 bridgehead atoms. The van der Waals surface area contributed by atoms with Gasteiger partial charge in [-0.3, -0.25) is 4.79 Å². The van der Waals surface area contributed by atoms with Gasteiger partial charge in [0, 0.05) is 12.5 Å². The largest absolute Gasteiger partial charge is 0.348 e.